The molecule has 1 amide bonds. The van der Waals surface area contributed by atoms with Gasteiger partial charge in [-0.15, -0.1) is 0 Å². The first-order chi connectivity index (χ1) is 18.2. The number of H-pyrrole nitrogens is 1. The van der Waals surface area contributed by atoms with Crippen LogP contribution in [0.15, 0.2) is 61.1 Å². The van der Waals surface area contributed by atoms with Crippen LogP contribution in [0.25, 0.3) is 27.7 Å². The van der Waals surface area contributed by atoms with Gasteiger partial charge in [-0.05, 0) is 29.8 Å². The Morgan fingerprint density at radius 2 is 1.84 bits per heavy atom. The van der Waals surface area contributed by atoms with Crippen molar-refractivity contribution >= 4 is 22.8 Å². The predicted octanol–water partition coefficient (Wildman–Crippen LogP) is 3.11. The predicted molar refractivity (Wildman–Crippen MR) is 132 cm³/mol. The van der Waals surface area contributed by atoms with Crippen molar-refractivity contribution in [3.8, 4) is 16.8 Å². The molecule has 0 bridgehead atoms. The minimum absolute atomic E-state index is 0.0781. The molecule has 0 radical (unpaired) electrons. The molecule has 3 N–H and O–H groups in total. The smallest absolute Gasteiger partial charge is 0.475 e. The van der Waals surface area contributed by atoms with E-state index in [1.54, 1.807) is 6.20 Å². The van der Waals surface area contributed by atoms with Gasteiger partial charge < -0.3 is 15.2 Å². The molecule has 1 fully saturated rings. The second-order valence-electron chi connectivity index (χ2n) is 8.38. The number of morpholine rings is 1. The number of hydrogen-bond acceptors (Lipinski definition) is 6. The molecule has 0 unspecified atom stereocenters. The van der Waals surface area contributed by atoms with Crippen LogP contribution in [0.5, 0.6) is 0 Å². The highest BCUT2D eigenvalue weighted by atomic mass is 19.4. The first-order valence-corrected chi connectivity index (χ1v) is 11.7. The van der Waals surface area contributed by atoms with Gasteiger partial charge >= 0.3 is 12.1 Å². The van der Waals surface area contributed by atoms with Crippen LogP contribution in [-0.2, 0) is 9.53 Å². The van der Waals surface area contributed by atoms with Gasteiger partial charge in [-0.2, -0.15) is 23.4 Å². The lowest BCUT2D eigenvalue weighted by molar-refractivity contribution is -0.192. The number of aromatic amines is 1. The zero-order valence-electron chi connectivity index (χ0n) is 20.1. The fourth-order valence-electron chi connectivity index (χ4n) is 3.85. The van der Waals surface area contributed by atoms with E-state index in [0.29, 0.717) is 12.1 Å². The Balaban J connectivity index is 0.000000426. The number of hydrogen-bond donors (Lipinski definition) is 3. The van der Waals surface area contributed by atoms with Crippen molar-refractivity contribution < 1.29 is 32.6 Å². The first-order valence-electron chi connectivity index (χ1n) is 11.7. The van der Waals surface area contributed by atoms with Crippen molar-refractivity contribution in [2.75, 3.05) is 39.4 Å². The molecule has 10 nitrogen and oxygen atoms in total. The van der Waals surface area contributed by atoms with Crippen molar-refractivity contribution in [1.82, 2.24) is 30.2 Å². The number of carboxylic acids is 1. The molecule has 0 saturated carbocycles. The number of carboxylic acid groups (broad SMARTS) is 1. The first kappa shape index (κ1) is 26.8. The Hall–Kier alpha value is -4.23. The number of nitrogens with zero attached hydrogens (tertiary/aromatic N) is 4. The lowest BCUT2D eigenvalue weighted by Crippen LogP contribution is -2.41. The number of alkyl halides is 3. The van der Waals surface area contributed by atoms with Gasteiger partial charge in [0.15, 0.2) is 0 Å². The fraction of sp³-hybridized carbons (Fsp3) is 0.280. The van der Waals surface area contributed by atoms with E-state index >= 15 is 0 Å². The zero-order valence-corrected chi connectivity index (χ0v) is 20.1. The number of amides is 1. The number of benzene rings is 2. The second-order valence-corrected chi connectivity index (χ2v) is 8.38. The van der Waals surface area contributed by atoms with Crippen molar-refractivity contribution in [2.24, 2.45) is 0 Å². The normalized spacial score (nSPS) is 14.1. The largest absolute Gasteiger partial charge is 0.490 e. The van der Waals surface area contributed by atoms with Gasteiger partial charge in [0.05, 0.1) is 36.8 Å². The highest BCUT2D eigenvalue weighted by molar-refractivity contribution is 5.95. The summed E-state index contributed by atoms with van der Waals surface area (Å²) in [6.45, 7) is 4.79. The minimum atomic E-state index is -5.08. The minimum Gasteiger partial charge on any atom is -0.475 e. The summed E-state index contributed by atoms with van der Waals surface area (Å²) in [7, 11) is 0. The number of aliphatic carboxylic acids is 1. The third kappa shape index (κ3) is 6.75. The fourth-order valence-corrected chi connectivity index (χ4v) is 3.85. The van der Waals surface area contributed by atoms with E-state index in [4.69, 9.17) is 14.6 Å². The van der Waals surface area contributed by atoms with Crippen LogP contribution in [0, 0.1) is 0 Å². The maximum absolute atomic E-state index is 12.7. The summed E-state index contributed by atoms with van der Waals surface area (Å²) in [5.74, 6) is -2.84. The van der Waals surface area contributed by atoms with E-state index < -0.39 is 12.1 Å². The molecule has 13 heteroatoms. The highest BCUT2D eigenvalue weighted by Gasteiger charge is 2.38. The molecule has 0 atom stereocenters. The van der Waals surface area contributed by atoms with Crippen LogP contribution >= 0.6 is 0 Å². The number of ether oxygens (including phenoxy) is 1. The van der Waals surface area contributed by atoms with E-state index in [1.807, 2.05) is 47.4 Å². The number of aromatic nitrogens is 4. The summed E-state index contributed by atoms with van der Waals surface area (Å²) in [6.07, 6.45) is 0.414. The number of rotatable bonds is 6. The molecule has 38 heavy (non-hydrogen) atoms. The Labute approximate surface area is 215 Å². The molecular weight excluding hydrogens is 505 g/mol. The maximum atomic E-state index is 12.7. The molecule has 2 aromatic carbocycles. The third-order valence-electron chi connectivity index (χ3n) is 5.82. The summed E-state index contributed by atoms with van der Waals surface area (Å²) in [5.41, 5.74) is 4.51. The number of carbonyl (C=O) groups is 2. The standard InChI is InChI=1S/C23H24N6O2.C2HF3O2/c30-23(24-6-7-28-8-10-31-11-9-28)18-2-1-3-21(12-18)29-22-13-17(20-14-25-26-15-20)4-5-19(22)16-27-29;3-2(4,5)1(6)7/h1-5,12-16H,6-11H2,(H,24,30)(H,25,26);(H,6,7). The molecular formula is C25H25F3N6O4. The summed E-state index contributed by atoms with van der Waals surface area (Å²) < 4.78 is 39.0. The van der Waals surface area contributed by atoms with Gasteiger partial charge in [0.1, 0.15) is 0 Å². The van der Waals surface area contributed by atoms with Crippen molar-refractivity contribution in [3.63, 3.8) is 0 Å². The molecule has 0 aliphatic carbocycles. The SMILES string of the molecule is O=C(NCCN1CCOCC1)c1cccc(-n2ncc3ccc(-c4cn[nH]c4)cc32)c1.O=C(O)C(F)(F)F. The summed E-state index contributed by atoms with van der Waals surface area (Å²) in [4.78, 5) is 23.9. The third-order valence-corrected chi connectivity index (χ3v) is 5.82. The van der Waals surface area contributed by atoms with Crippen LogP contribution in [-0.4, -0.2) is 87.4 Å². The molecule has 4 aromatic rings. The molecule has 2 aromatic heterocycles. The van der Waals surface area contributed by atoms with E-state index in [1.165, 1.54) is 0 Å². The topological polar surface area (TPSA) is 125 Å². The van der Waals surface area contributed by atoms with Crippen LogP contribution in [0.3, 0.4) is 0 Å². The van der Waals surface area contributed by atoms with Gasteiger partial charge in [-0.1, -0.05) is 18.2 Å². The van der Waals surface area contributed by atoms with Gasteiger partial charge in [-0.3, -0.25) is 14.8 Å². The quantitative estimate of drug-likeness (QED) is 0.350. The van der Waals surface area contributed by atoms with Crippen molar-refractivity contribution in [2.45, 2.75) is 6.18 Å². The molecule has 200 valence electrons. The van der Waals surface area contributed by atoms with E-state index in [9.17, 15) is 18.0 Å². The van der Waals surface area contributed by atoms with Crippen LogP contribution < -0.4 is 5.32 Å². The van der Waals surface area contributed by atoms with E-state index in [0.717, 1.165) is 60.6 Å². The van der Waals surface area contributed by atoms with Gasteiger partial charge in [0.25, 0.3) is 5.91 Å². The van der Waals surface area contributed by atoms with E-state index in [-0.39, 0.29) is 5.91 Å². The lowest BCUT2D eigenvalue weighted by Gasteiger charge is -2.26. The highest BCUT2D eigenvalue weighted by Crippen LogP contribution is 2.25. The Morgan fingerprint density at radius 3 is 2.53 bits per heavy atom. The monoisotopic (exact) mass is 530 g/mol. The number of fused-ring (bicyclic) bond motifs is 1. The number of carbonyl (C=O) groups excluding carboxylic acids is 1. The molecule has 3 heterocycles. The second kappa shape index (κ2) is 11.9. The molecule has 1 aliphatic heterocycles. The summed E-state index contributed by atoms with van der Waals surface area (Å²) in [6, 6.07) is 13.7. The average molecular weight is 531 g/mol. The molecule has 0 spiro atoms. The summed E-state index contributed by atoms with van der Waals surface area (Å²) in [5, 5.41) is 22.6. The van der Waals surface area contributed by atoms with Gasteiger partial charge in [0, 0.05) is 48.9 Å². The molecule has 5 rings (SSSR count). The Morgan fingerprint density at radius 1 is 1.08 bits per heavy atom. The number of nitrogens with one attached hydrogen (secondary N) is 2. The van der Waals surface area contributed by atoms with Crippen LogP contribution in [0.4, 0.5) is 13.2 Å². The summed E-state index contributed by atoms with van der Waals surface area (Å²) >= 11 is 0. The maximum Gasteiger partial charge on any atom is 0.490 e. The molecule has 1 aliphatic rings. The van der Waals surface area contributed by atoms with Gasteiger partial charge in [0.2, 0.25) is 0 Å². The Bertz CT molecular complexity index is 1380. The Kier molecular flexibility index (Phi) is 8.38. The lowest BCUT2D eigenvalue weighted by atomic mass is 10.1. The molecule has 1 saturated heterocycles. The number of halogens is 3. The van der Waals surface area contributed by atoms with Crippen molar-refractivity contribution in [1.29, 1.82) is 0 Å². The van der Waals surface area contributed by atoms with E-state index in [2.05, 4.69) is 37.6 Å². The zero-order chi connectivity index (χ0) is 27.1. The van der Waals surface area contributed by atoms with Crippen molar-refractivity contribution in [3.05, 3.63) is 66.6 Å². The van der Waals surface area contributed by atoms with Crippen LogP contribution in [0.2, 0.25) is 0 Å². The van der Waals surface area contributed by atoms with Crippen LogP contribution in [0.1, 0.15) is 10.4 Å². The average Bonchev–Trinajstić information content (AvgIpc) is 3.59. The van der Waals surface area contributed by atoms with Gasteiger partial charge in [-0.25, -0.2) is 9.48 Å².